The van der Waals surface area contributed by atoms with Crippen LogP contribution in [0.1, 0.15) is 29.8 Å². The van der Waals surface area contributed by atoms with Gasteiger partial charge in [-0.25, -0.2) is 9.78 Å². The lowest BCUT2D eigenvalue weighted by Gasteiger charge is -2.22. The Morgan fingerprint density at radius 2 is 2.16 bits per heavy atom. The highest BCUT2D eigenvalue weighted by Crippen LogP contribution is 2.19. The Morgan fingerprint density at radius 1 is 1.53 bits per heavy atom. The molecule has 1 aromatic rings. The van der Waals surface area contributed by atoms with Crippen LogP contribution in [0.4, 0.5) is 4.79 Å². The van der Waals surface area contributed by atoms with Gasteiger partial charge in [-0.3, -0.25) is 4.79 Å². The normalized spacial score (nSPS) is 13.7. The van der Waals surface area contributed by atoms with Gasteiger partial charge in [-0.1, -0.05) is 6.92 Å². The zero-order valence-corrected chi connectivity index (χ0v) is 12.3. The molecule has 0 radical (unpaired) electrons. The molecule has 1 rings (SSSR count). The summed E-state index contributed by atoms with van der Waals surface area (Å²) in [7, 11) is 1.58. The summed E-state index contributed by atoms with van der Waals surface area (Å²) >= 11 is 1.53. The summed E-state index contributed by atoms with van der Waals surface area (Å²) in [6.45, 7) is 5.55. The van der Waals surface area contributed by atoms with Crippen LogP contribution in [0.25, 0.3) is 0 Å². The Labute approximate surface area is 116 Å². The Hall–Kier alpha value is -1.63. The number of carbonyl (C=O) groups excluding carboxylic acids is 1. The van der Waals surface area contributed by atoms with Crippen molar-refractivity contribution in [3.63, 3.8) is 0 Å². The summed E-state index contributed by atoms with van der Waals surface area (Å²) in [5.41, 5.74) is 0. The molecule has 2 amide bonds. The summed E-state index contributed by atoms with van der Waals surface area (Å²) in [6.07, 6.45) is 1.76. The van der Waals surface area contributed by atoms with Gasteiger partial charge in [0.1, 0.15) is 5.01 Å². The van der Waals surface area contributed by atoms with Crippen LogP contribution in [0.5, 0.6) is 0 Å². The lowest BCUT2D eigenvalue weighted by molar-refractivity contribution is -0.141. The fourth-order valence-electron chi connectivity index (χ4n) is 1.50. The van der Waals surface area contributed by atoms with Crippen molar-refractivity contribution in [1.82, 2.24) is 15.2 Å². The van der Waals surface area contributed by atoms with Crippen molar-refractivity contribution in [2.75, 3.05) is 13.6 Å². The van der Waals surface area contributed by atoms with E-state index in [0.29, 0.717) is 0 Å². The van der Waals surface area contributed by atoms with Crippen LogP contribution in [0.15, 0.2) is 6.20 Å². The number of aliphatic carboxylic acids is 1. The summed E-state index contributed by atoms with van der Waals surface area (Å²) in [6, 6.07) is -0.484. The number of amides is 2. The van der Waals surface area contributed by atoms with E-state index in [1.54, 1.807) is 20.2 Å². The van der Waals surface area contributed by atoms with Gasteiger partial charge >= 0.3 is 12.0 Å². The molecule has 7 heteroatoms. The van der Waals surface area contributed by atoms with E-state index < -0.39 is 11.9 Å². The minimum absolute atomic E-state index is 0.171. The number of aromatic nitrogens is 1. The minimum atomic E-state index is -0.914. The quantitative estimate of drug-likeness (QED) is 0.865. The molecule has 0 saturated heterocycles. The number of carbonyl (C=O) groups is 2. The number of thiazole rings is 1. The summed E-state index contributed by atoms with van der Waals surface area (Å²) in [5.74, 6) is -1.50. The molecule has 19 heavy (non-hydrogen) atoms. The number of hydrogen-bond donors (Lipinski definition) is 2. The SMILES string of the molecule is Cc1cnc(C(C)NC(=O)N(C)CC(C)C(=O)O)s1. The monoisotopic (exact) mass is 285 g/mol. The van der Waals surface area contributed by atoms with Gasteiger partial charge in [0.05, 0.1) is 12.0 Å². The van der Waals surface area contributed by atoms with Crippen molar-refractivity contribution in [2.45, 2.75) is 26.8 Å². The molecule has 106 valence electrons. The first-order valence-electron chi connectivity index (χ1n) is 5.98. The predicted molar refractivity (Wildman–Crippen MR) is 73.2 cm³/mol. The summed E-state index contributed by atoms with van der Waals surface area (Å²) < 4.78 is 0. The van der Waals surface area contributed by atoms with Gasteiger partial charge in [-0.2, -0.15) is 0 Å². The molecular formula is C12H19N3O3S. The Bertz CT molecular complexity index is 461. The molecule has 1 aromatic heterocycles. The molecule has 0 aromatic carbocycles. The van der Waals surface area contributed by atoms with Crippen LogP contribution in [0.3, 0.4) is 0 Å². The van der Waals surface area contributed by atoms with Crippen molar-refractivity contribution in [1.29, 1.82) is 0 Å². The largest absolute Gasteiger partial charge is 0.481 e. The number of aryl methyl sites for hydroxylation is 1. The van der Waals surface area contributed by atoms with Crippen LogP contribution in [0, 0.1) is 12.8 Å². The summed E-state index contributed by atoms with van der Waals surface area (Å²) in [4.78, 5) is 29.3. The molecule has 1 heterocycles. The third kappa shape index (κ3) is 4.51. The van der Waals surface area contributed by atoms with Gasteiger partial charge in [0, 0.05) is 24.7 Å². The fraction of sp³-hybridized carbons (Fsp3) is 0.583. The van der Waals surface area contributed by atoms with E-state index in [4.69, 9.17) is 5.11 Å². The third-order valence-corrected chi connectivity index (χ3v) is 3.76. The molecule has 6 nitrogen and oxygen atoms in total. The van der Waals surface area contributed by atoms with Crippen molar-refractivity contribution >= 4 is 23.3 Å². The maximum atomic E-state index is 11.9. The van der Waals surface area contributed by atoms with E-state index in [9.17, 15) is 9.59 Å². The maximum Gasteiger partial charge on any atom is 0.317 e. The highest BCUT2D eigenvalue weighted by molar-refractivity contribution is 7.11. The number of rotatable bonds is 5. The molecular weight excluding hydrogens is 266 g/mol. The van der Waals surface area contributed by atoms with Crippen molar-refractivity contribution in [2.24, 2.45) is 5.92 Å². The number of nitrogens with one attached hydrogen (secondary N) is 1. The minimum Gasteiger partial charge on any atom is -0.481 e. The smallest absolute Gasteiger partial charge is 0.317 e. The Morgan fingerprint density at radius 3 is 2.63 bits per heavy atom. The van der Waals surface area contributed by atoms with Gasteiger partial charge in [0.15, 0.2) is 0 Å². The van der Waals surface area contributed by atoms with Crippen molar-refractivity contribution in [3.05, 3.63) is 16.1 Å². The molecule has 0 spiro atoms. The molecule has 2 atom stereocenters. The number of hydrogen-bond acceptors (Lipinski definition) is 4. The van der Waals surface area contributed by atoms with Gasteiger partial charge in [0.2, 0.25) is 0 Å². The van der Waals surface area contributed by atoms with E-state index in [0.717, 1.165) is 9.88 Å². The highest BCUT2D eigenvalue weighted by atomic mass is 32.1. The predicted octanol–water partition coefficient (Wildman–Crippen LogP) is 1.87. The molecule has 2 N–H and O–H groups in total. The average molecular weight is 285 g/mol. The standard InChI is InChI=1S/C12H19N3O3S/c1-7(11(16)17)6-15(4)12(18)14-9(3)10-13-5-8(2)19-10/h5,7,9H,6H2,1-4H3,(H,14,18)(H,16,17). The molecule has 0 bridgehead atoms. The number of carboxylic acids is 1. The van der Waals surface area contributed by atoms with Gasteiger partial charge in [0.25, 0.3) is 0 Å². The van der Waals surface area contributed by atoms with Crippen molar-refractivity contribution in [3.8, 4) is 0 Å². The van der Waals surface area contributed by atoms with E-state index >= 15 is 0 Å². The third-order valence-electron chi connectivity index (χ3n) is 2.67. The molecule has 2 unspecified atom stereocenters. The maximum absolute atomic E-state index is 11.9. The zero-order chi connectivity index (χ0) is 14.6. The summed E-state index contributed by atoms with van der Waals surface area (Å²) in [5, 5.41) is 12.4. The highest BCUT2D eigenvalue weighted by Gasteiger charge is 2.19. The second kappa shape index (κ2) is 6.51. The van der Waals surface area contributed by atoms with E-state index in [1.165, 1.54) is 16.2 Å². The van der Waals surface area contributed by atoms with E-state index in [1.807, 2.05) is 13.8 Å². The van der Waals surface area contributed by atoms with Crippen LogP contribution in [-0.2, 0) is 4.79 Å². The second-order valence-corrected chi connectivity index (χ2v) is 5.87. The van der Waals surface area contributed by atoms with E-state index in [2.05, 4.69) is 10.3 Å². The first-order valence-corrected chi connectivity index (χ1v) is 6.79. The van der Waals surface area contributed by atoms with Crippen LogP contribution < -0.4 is 5.32 Å². The average Bonchev–Trinajstić information content (AvgIpc) is 2.75. The number of urea groups is 1. The Kier molecular flexibility index (Phi) is 5.29. The first kappa shape index (κ1) is 15.4. The second-order valence-electron chi connectivity index (χ2n) is 4.60. The lowest BCUT2D eigenvalue weighted by Crippen LogP contribution is -2.41. The zero-order valence-electron chi connectivity index (χ0n) is 11.5. The van der Waals surface area contributed by atoms with Crippen LogP contribution >= 0.6 is 11.3 Å². The Balaban J connectivity index is 2.52. The molecule has 0 aliphatic rings. The molecule has 0 saturated carbocycles. The lowest BCUT2D eigenvalue weighted by atomic mass is 10.2. The molecule has 0 fully saturated rings. The fourth-order valence-corrected chi connectivity index (χ4v) is 2.28. The number of nitrogens with zero attached hydrogens (tertiary/aromatic N) is 2. The molecule has 0 aliphatic heterocycles. The first-order chi connectivity index (χ1) is 8.81. The van der Waals surface area contributed by atoms with Crippen LogP contribution in [-0.4, -0.2) is 40.6 Å². The van der Waals surface area contributed by atoms with Crippen molar-refractivity contribution < 1.29 is 14.7 Å². The van der Waals surface area contributed by atoms with Crippen LogP contribution in [0.2, 0.25) is 0 Å². The van der Waals surface area contributed by atoms with Gasteiger partial charge in [-0.05, 0) is 13.8 Å². The van der Waals surface area contributed by atoms with Gasteiger partial charge in [-0.15, -0.1) is 11.3 Å². The topological polar surface area (TPSA) is 82.5 Å². The van der Waals surface area contributed by atoms with E-state index in [-0.39, 0.29) is 18.6 Å². The molecule has 0 aliphatic carbocycles. The van der Waals surface area contributed by atoms with Gasteiger partial charge < -0.3 is 15.3 Å². The number of carboxylic acid groups (broad SMARTS) is 1.